The number of hydrogen-bond donors (Lipinski definition) is 1. The first kappa shape index (κ1) is 20.0. The number of hydrogen-bond acceptors (Lipinski definition) is 7. The Morgan fingerprint density at radius 2 is 1.88 bits per heavy atom. The SMILES string of the molecule is O=C(Nc1ccc2c(c1)OC1(CCCC1)O2)N1CCC(c2nc(-c3ccccn3)no2)CC1. The van der Waals surface area contributed by atoms with Gasteiger partial charge in [-0.1, -0.05) is 11.2 Å². The molecule has 6 rings (SSSR count). The van der Waals surface area contributed by atoms with Crippen molar-refractivity contribution in [2.45, 2.75) is 50.2 Å². The zero-order valence-electron chi connectivity index (χ0n) is 18.2. The van der Waals surface area contributed by atoms with Gasteiger partial charge in [-0.25, -0.2) is 4.79 Å². The van der Waals surface area contributed by atoms with Gasteiger partial charge in [0, 0.05) is 49.8 Å². The minimum atomic E-state index is -0.502. The van der Waals surface area contributed by atoms with Crippen LogP contribution in [0, 0.1) is 0 Å². The summed E-state index contributed by atoms with van der Waals surface area (Å²) in [6.45, 7) is 1.23. The number of aromatic nitrogens is 3. The van der Waals surface area contributed by atoms with E-state index < -0.39 is 5.79 Å². The van der Waals surface area contributed by atoms with Crippen molar-refractivity contribution in [3.8, 4) is 23.0 Å². The van der Waals surface area contributed by atoms with Gasteiger partial charge in [-0.15, -0.1) is 0 Å². The van der Waals surface area contributed by atoms with Gasteiger partial charge in [0.05, 0.1) is 0 Å². The van der Waals surface area contributed by atoms with Crippen LogP contribution in [0.1, 0.15) is 50.3 Å². The van der Waals surface area contributed by atoms with E-state index in [1.807, 2.05) is 41.3 Å². The number of nitrogens with one attached hydrogen (secondary N) is 1. The molecule has 4 heterocycles. The molecule has 2 aliphatic heterocycles. The average Bonchev–Trinajstić information content (AvgIpc) is 3.59. The number of anilines is 1. The summed E-state index contributed by atoms with van der Waals surface area (Å²) in [7, 11) is 0. The van der Waals surface area contributed by atoms with Gasteiger partial charge in [0.15, 0.2) is 11.5 Å². The van der Waals surface area contributed by atoms with Crippen LogP contribution < -0.4 is 14.8 Å². The summed E-state index contributed by atoms with van der Waals surface area (Å²) in [5, 5.41) is 7.06. The Hall–Kier alpha value is -3.62. The lowest BCUT2D eigenvalue weighted by molar-refractivity contribution is -0.0716. The summed E-state index contributed by atoms with van der Waals surface area (Å²) in [5.41, 5.74) is 1.39. The number of likely N-dealkylation sites (tertiary alicyclic amines) is 1. The minimum Gasteiger partial charge on any atom is -0.448 e. The number of piperidine rings is 1. The van der Waals surface area contributed by atoms with Crippen LogP contribution in [0.2, 0.25) is 0 Å². The topological polar surface area (TPSA) is 103 Å². The third-order valence-corrected chi connectivity index (χ3v) is 6.62. The summed E-state index contributed by atoms with van der Waals surface area (Å²) in [6.07, 6.45) is 7.27. The summed E-state index contributed by atoms with van der Waals surface area (Å²) in [4.78, 5) is 23.4. The van der Waals surface area contributed by atoms with Crippen LogP contribution >= 0.6 is 0 Å². The van der Waals surface area contributed by atoms with Crippen molar-refractivity contribution < 1.29 is 18.8 Å². The third kappa shape index (κ3) is 3.88. The fourth-order valence-electron chi connectivity index (χ4n) is 4.82. The summed E-state index contributed by atoms with van der Waals surface area (Å²) in [5.74, 6) is 2.18. The number of fused-ring (bicyclic) bond motifs is 1. The molecule has 2 amide bonds. The molecule has 3 aliphatic rings. The molecule has 0 unspecified atom stereocenters. The number of carbonyl (C=O) groups is 1. The van der Waals surface area contributed by atoms with E-state index in [0.29, 0.717) is 41.9 Å². The van der Waals surface area contributed by atoms with Crippen LogP contribution in [-0.2, 0) is 0 Å². The van der Waals surface area contributed by atoms with Crippen molar-refractivity contribution in [1.82, 2.24) is 20.0 Å². The Balaban J connectivity index is 1.05. The highest BCUT2D eigenvalue weighted by atomic mass is 16.7. The van der Waals surface area contributed by atoms with Gasteiger partial charge >= 0.3 is 6.03 Å². The maximum Gasteiger partial charge on any atom is 0.321 e. The lowest BCUT2D eigenvalue weighted by Crippen LogP contribution is -2.40. The van der Waals surface area contributed by atoms with Crippen molar-refractivity contribution in [3.63, 3.8) is 0 Å². The van der Waals surface area contributed by atoms with Gasteiger partial charge in [0.2, 0.25) is 11.7 Å². The van der Waals surface area contributed by atoms with E-state index in [-0.39, 0.29) is 11.9 Å². The number of ether oxygens (including phenoxy) is 2. The molecule has 0 atom stereocenters. The maximum absolute atomic E-state index is 12.8. The highest BCUT2D eigenvalue weighted by molar-refractivity contribution is 5.89. The molecule has 2 fully saturated rings. The smallest absolute Gasteiger partial charge is 0.321 e. The van der Waals surface area contributed by atoms with Crippen LogP contribution in [0.4, 0.5) is 10.5 Å². The van der Waals surface area contributed by atoms with Crippen LogP contribution in [-0.4, -0.2) is 44.9 Å². The van der Waals surface area contributed by atoms with E-state index in [2.05, 4.69) is 20.4 Å². The standard InChI is InChI=1S/C24H25N5O4/c30-23(26-17-6-7-19-20(15-17)32-24(31-19)10-2-3-11-24)29-13-8-16(9-14-29)22-27-21(28-33-22)18-5-1-4-12-25-18/h1,4-7,12,15-16H,2-3,8-11,13-14H2,(H,26,30). The number of rotatable bonds is 3. The fourth-order valence-corrected chi connectivity index (χ4v) is 4.82. The molecule has 33 heavy (non-hydrogen) atoms. The summed E-state index contributed by atoms with van der Waals surface area (Å²) < 4.78 is 17.6. The highest BCUT2D eigenvalue weighted by Gasteiger charge is 2.44. The first-order valence-electron chi connectivity index (χ1n) is 11.5. The van der Waals surface area contributed by atoms with E-state index in [0.717, 1.165) is 44.3 Å². The molecule has 1 saturated carbocycles. The second kappa shape index (κ2) is 8.06. The minimum absolute atomic E-state index is 0.123. The third-order valence-electron chi connectivity index (χ3n) is 6.62. The molecule has 3 aromatic rings. The number of amides is 2. The van der Waals surface area contributed by atoms with Crippen molar-refractivity contribution in [1.29, 1.82) is 0 Å². The Kier molecular flexibility index (Phi) is 4.89. The fraction of sp³-hybridized carbons (Fsp3) is 0.417. The predicted molar refractivity (Wildman–Crippen MR) is 119 cm³/mol. The zero-order chi connectivity index (χ0) is 22.3. The van der Waals surface area contributed by atoms with Crippen LogP contribution in [0.25, 0.3) is 11.5 Å². The Morgan fingerprint density at radius 3 is 2.67 bits per heavy atom. The molecule has 170 valence electrons. The normalized spacial score (nSPS) is 19.2. The largest absolute Gasteiger partial charge is 0.448 e. The number of urea groups is 1. The number of benzene rings is 1. The molecule has 1 aliphatic carbocycles. The van der Waals surface area contributed by atoms with E-state index in [4.69, 9.17) is 14.0 Å². The summed E-state index contributed by atoms with van der Waals surface area (Å²) >= 11 is 0. The quantitative estimate of drug-likeness (QED) is 0.627. The van der Waals surface area contributed by atoms with Crippen LogP contribution in [0.5, 0.6) is 11.5 Å². The van der Waals surface area contributed by atoms with E-state index >= 15 is 0 Å². The number of carbonyl (C=O) groups excluding carboxylic acids is 1. The van der Waals surface area contributed by atoms with Crippen molar-refractivity contribution in [2.24, 2.45) is 0 Å². The van der Waals surface area contributed by atoms with E-state index in [1.54, 1.807) is 6.20 Å². The predicted octanol–water partition coefficient (Wildman–Crippen LogP) is 4.58. The molecular formula is C24H25N5O4. The van der Waals surface area contributed by atoms with E-state index in [1.165, 1.54) is 0 Å². The van der Waals surface area contributed by atoms with Gasteiger partial charge in [-0.2, -0.15) is 4.98 Å². The molecule has 1 spiro atoms. The maximum atomic E-state index is 12.8. The molecule has 0 bridgehead atoms. The monoisotopic (exact) mass is 447 g/mol. The molecule has 1 saturated heterocycles. The van der Waals surface area contributed by atoms with Crippen molar-refractivity contribution in [3.05, 3.63) is 48.5 Å². The van der Waals surface area contributed by atoms with Gasteiger partial charge in [0.25, 0.3) is 5.79 Å². The number of pyridine rings is 1. The second-order valence-corrected chi connectivity index (χ2v) is 8.85. The highest BCUT2D eigenvalue weighted by Crippen LogP contribution is 2.47. The average molecular weight is 447 g/mol. The molecule has 1 aromatic carbocycles. The number of nitrogens with zero attached hydrogens (tertiary/aromatic N) is 4. The lowest BCUT2D eigenvalue weighted by Gasteiger charge is -2.30. The zero-order valence-corrected chi connectivity index (χ0v) is 18.2. The molecule has 9 nitrogen and oxygen atoms in total. The van der Waals surface area contributed by atoms with Gasteiger partial charge < -0.3 is 24.2 Å². The molecule has 2 aromatic heterocycles. The van der Waals surface area contributed by atoms with Gasteiger partial charge in [-0.3, -0.25) is 4.98 Å². The Bertz CT molecular complexity index is 1150. The summed E-state index contributed by atoms with van der Waals surface area (Å²) in [6, 6.07) is 11.1. The van der Waals surface area contributed by atoms with Crippen LogP contribution in [0.15, 0.2) is 47.1 Å². The van der Waals surface area contributed by atoms with Gasteiger partial charge in [-0.05, 0) is 49.9 Å². The Morgan fingerprint density at radius 1 is 1.06 bits per heavy atom. The van der Waals surface area contributed by atoms with E-state index in [9.17, 15) is 4.79 Å². The molecular weight excluding hydrogens is 422 g/mol. The molecule has 9 heteroatoms. The van der Waals surface area contributed by atoms with Crippen molar-refractivity contribution >= 4 is 11.7 Å². The van der Waals surface area contributed by atoms with Crippen LogP contribution in [0.3, 0.4) is 0 Å². The molecule has 1 N–H and O–H groups in total. The molecule has 0 radical (unpaired) electrons. The van der Waals surface area contributed by atoms with Gasteiger partial charge in [0.1, 0.15) is 5.69 Å². The lowest BCUT2D eigenvalue weighted by atomic mass is 9.97. The first-order valence-corrected chi connectivity index (χ1v) is 11.5. The first-order chi connectivity index (χ1) is 16.2. The van der Waals surface area contributed by atoms with Crippen molar-refractivity contribution in [2.75, 3.05) is 18.4 Å². The second-order valence-electron chi connectivity index (χ2n) is 8.85. The Labute approximate surface area is 191 Å².